The van der Waals surface area contributed by atoms with Crippen LogP contribution in [0, 0.1) is 0 Å². The summed E-state index contributed by atoms with van der Waals surface area (Å²) in [6.07, 6.45) is 0.882. The average Bonchev–Trinajstić information content (AvgIpc) is 2.73. The van der Waals surface area contributed by atoms with Crippen molar-refractivity contribution in [2.45, 2.75) is 26.0 Å². The Morgan fingerprint density at radius 3 is 3.00 bits per heavy atom. The lowest BCUT2D eigenvalue weighted by molar-refractivity contribution is -0.119. The molecule has 0 unspecified atom stereocenters. The highest BCUT2D eigenvalue weighted by molar-refractivity contribution is 5.98. The number of hydrogen-bond acceptors (Lipinski definition) is 3. The summed E-state index contributed by atoms with van der Waals surface area (Å²) in [4.78, 5) is 13.7. The van der Waals surface area contributed by atoms with Crippen molar-refractivity contribution in [3.05, 3.63) is 29.3 Å². The van der Waals surface area contributed by atoms with Crippen molar-refractivity contribution in [3.63, 3.8) is 0 Å². The molecule has 2 N–H and O–H groups in total. The van der Waals surface area contributed by atoms with Gasteiger partial charge in [0.25, 0.3) is 0 Å². The lowest BCUT2D eigenvalue weighted by atomic mass is 10.1. The molecule has 1 aromatic carbocycles. The van der Waals surface area contributed by atoms with E-state index in [-0.39, 0.29) is 5.91 Å². The smallest absolute Gasteiger partial charge is 0.243 e. The van der Waals surface area contributed by atoms with Gasteiger partial charge < -0.3 is 15.4 Å². The number of nitrogens with zero attached hydrogens (tertiary/aromatic N) is 1. The van der Waals surface area contributed by atoms with E-state index in [4.69, 9.17) is 10.5 Å². The molecule has 92 valence electrons. The van der Waals surface area contributed by atoms with Gasteiger partial charge in [0.05, 0.1) is 12.6 Å². The molecule has 1 amide bonds. The normalized spacial score (nSPS) is 15.8. The van der Waals surface area contributed by atoms with E-state index in [1.807, 2.05) is 18.2 Å². The second-order valence-corrected chi connectivity index (χ2v) is 4.38. The molecule has 1 aliphatic heterocycles. The molecule has 0 saturated carbocycles. The summed E-state index contributed by atoms with van der Waals surface area (Å²) < 4.78 is 5.17. The van der Waals surface area contributed by atoms with Crippen molar-refractivity contribution < 1.29 is 9.53 Å². The van der Waals surface area contributed by atoms with Crippen LogP contribution >= 0.6 is 0 Å². The number of fused-ring (bicyclic) bond motifs is 1. The summed E-state index contributed by atoms with van der Waals surface area (Å²) in [7, 11) is 1.68. The molecule has 1 aromatic rings. The summed E-state index contributed by atoms with van der Waals surface area (Å²) in [5.74, 6) is -0.0154. The lowest BCUT2D eigenvalue weighted by Crippen LogP contribution is -2.41. The fourth-order valence-electron chi connectivity index (χ4n) is 2.27. The molecule has 0 radical (unpaired) electrons. The van der Waals surface area contributed by atoms with Crippen LogP contribution in [0.3, 0.4) is 0 Å². The molecule has 4 nitrogen and oxygen atoms in total. The average molecular weight is 234 g/mol. The highest BCUT2D eigenvalue weighted by atomic mass is 16.5. The molecule has 0 fully saturated rings. The maximum Gasteiger partial charge on any atom is 0.243 e. The minimum absolute atomic E-state index is 0.0154. The lowest BCUT2D eigenvalue weighted by Gasteiger charge is -2.19. The number of benzene rings is 1. The zero-order valence-corrected chi connectivity index (χ0v) is 10.3. The third kappa shape index (κ3) is 2.18. The summed E-state index contributed by atoms with van der Waals surface area (Å²) >= 11 is 0. The third-order valence-electron chi connectivity index (χ3n) is 3.08. The molecule has 0 aliphatic carbocycles. The molecule has 1 aliphatic rings. The number of carbonyl (C=O) groups is 1. The van der Waals surface area contributed by atoms with Crippen LogP contribution in [0.4, 0.5) is 5.69 Å². The van der Waals surface area contributed by atoms with Gasteiger partial charge in [0.1, 0.15) is 0 Å². The molecule has 0 spiro atoms. The van der Waals surface area contributed by atoms with Crippen molar-refractivity contribution in [2.75, 3.05) is 18.6 Å². The summed E-state index contributed by atoms with van der Waals surface area (Å²) in [6.45, 7) is 3.03. The van der Waals surface area contributed by atoms with Crippen LogP contribution in [-0.4, -0.2) is 25.6 Å². The molecule has 0 aromatic heterocycles. The number of amides is 1. The molecule has 2 rings (SSSR count). The Hall–Kier alpha value is -1.39. The molecule has 0 saturated heterocycles. The van der Waals surface area contributed by atoms with Gasteiger partial charge in [0.2, 0.25) is 5.91 Å². The van der Waals surface area contributed by atoms with Crippen LogP contribution in [0.5, 0.6) is 0 Å². The number of ether oxygens (including phenoxy) is 1. The van der Waals surface area contributed by atoms with Gasteiger partial charge in [-0.05, 0) is 30.5 Å². The predicted molar refractivity (Wildman–Crippen MR) is 66.9 cm³/mol. The minimum Gasteiger partial charge on any atom is -0.380 e. The Kier molecular flexibility index (Phi) is 3.45. The Morgan fingerprint density at radius 2 is 2.35 bits per heavy atom. The van der Waals surface area contributed by atoms with Gasteiger partial charge in [0.15, 0.2) is 0 Å². The predicted octanol–water partition coefficient (Wildman–Crippen LogP) is 1.07. The van der Waals surface area contributed by atoms with E-state index in [9.17, 15) is 4.79 Å². The fourth-order valence-corrected chi connectivity index (χ4v) is 2.27. The van der Waals surface area contributed by atoms with Crippen LogP contribution in [-0.2, 0) is 22.6 Å². The van der Waals surface area contributed by atoms with Crippen LogP contribution in [0.15, 0.2) is 18.2 Å². The van der Waals surface area contributed by atoms with Crippen LogP contribution in [0.2, 0.25) is 0 Å². The molecule has 17 heavy (non-hydrogen) atoms. The number of anilines is 1. The van der Waals surface area contributed by atoms with E-state index in [2.05, 4.69) is 0 Å². The van der Waals surface area contributed by atoms with Crippen molar-refractivity contribution in [1.29, 1.82) is 0 Å². The van der Waals surface area contributed by atoms with E-state index in [1.165, 1.54) is 5.56 Å². The minimum atomic E-state index is -0.452. The molecule has 1 atom stereocenters. The van der Waals surface area contributed by atoms with E-state index < -0.39 is 6.04 Å². The zero-order chi connectivity index (χ0) is 12.4. The topological polar surface area (TPSA) is 55.6 Å². The third-order valence-corrected chi connectivity index (χ3v) is 3.08. The van der Waals surface area contributed by atoms with E-state index >= 15 is 0 Å². The van der Waals surface area contributed by atoms with Gasteiger partial charge in [0, 0.05) is 19.3 Å². The van der Waals surface area contributed by atoms with Crippen LogP contribution < -0.4 is 10.6 Å². The highest BCUT2D eigenvalue weighted by Gasteiger charge is 2.27. The quantitative estimate of drug-likeness (QED) is 0.851. The molecular weight excluding hydrogens is 216 g/mol. The van der Waals surface area contributed by atoms with E-state index in [1.54, 1.807) is 18.9 Å². The SMILES string of the molecule is COCc1cccc2c1CCN2C(=O)[C@H](C)N. The summed E-state index contributed by atoms with van der Waals surface area (Å²) in [5.41, 5.74) is 9.01. The van der Waals surface area contributed by atoms with E-state index in [0.29, 0.717) is 6.61 Å². The van der Waals surface area contributed by atoms with Crippen molar-refractivity contribution in [1.82, 2.24) is 0 Å². The number of hydrogen-bond donors (Lipinski definition) is 1. The van der Waals surface area contributed by atoms with Crippen LogP contribution in [0.25, 0.3) is 0 Å². The second-order valence-electron chi connectivity index (χ2n) is 4.38. The van der Waals surface area contributed by atoms with Gasteiger partial charge in [-0.1, -0.05) is 12.1 Å². The highest BCUT2D eigenvalue weighted by Crippen LogP contribution is 2.31. The van der Waals surface area contributed by atoms with E-state index in [0.717, 1.165) is 24.2 Å². The first-order valence-electron chi connectivity index (χ1n) is 5.81. The summed E-state index contributed by atoms with van der Waals surface area (Å²) in [6, 6.07) is 5.52. The second kappa shape index (κ2) is 4.85. The maximum absolute atomic E-state index is 11.9. The number of nitrogens with two attached hydrogens (primary N) is 1. The Labute approximate surface area is 101 Å². The number of methoxy groups -OCH3 is 1. The Bertz CT molecular complexity index is 429. The molecule has 0 bridgehead atoms. The standard InChI is InChI=1S/C13H18N2O2/c1-9(14)13(16)15-7-6-11-10(8-17-2)4-3-5-12(11)15/h3-5,9H,6-8,14H2,1-2H3/t9-/m0/s1. The van der Waals surface area contributed by atoms with Crippen molar-refractivity contribution >= 4 is 11.6 Å². The van der Waals surface area contributed by atoms with Crippen molar-refractivity contribution in [3.8, 4) is 0 Å². The van der Waals surface area contributed by atoms with Gasteiger partial charge >= 0.3 is 0 Å². The number of carbonyl (C=O) groups excluding carboxylic acids is 1. The van der Waals surface area contributed by atoms with Crippen molar-refractivity contribution in [2.24, 2.45) is 5.73 Å². The first-order chi connectivity index (χ1) is 8.15. The number of rotatable bonds is 3. The first kappa shape index (κ1) is 12.1. The molecule has 1 heterocycles. The van der Waals surface area contributed by atoms with Gasteiger partial charge in [-0.3, -0.25) is 4.79 Å². The van der Waals surface area contributed by atoms with Gasteiger partial charge in [-0.2, -0.15) is 0 Å². The summed E-state index contributed by atoms with van der Waals surface area (Å²) in [5, 5.41) is 0. The van der Waals surface area contributed by atoms with Gasteiger partial charge in [-0.25, -0.2) is 0 Å². The zero-order valence-electron chi connectivity index (χ0n) is 10.3. The maximum atomic E-state index is 11.9. The molecule has 4 heteroatoms. The largest absolute Gasteiger partial charge is 0.380 e. The fraction of sp³-hybridized carbons (Fsp3) is 0.462. The van der Waals surface area contributed by atoms with Crippen LogP contribution in [0.1, 0.15) is 18.1 Å². The Balaban J connectivity index is 2.32. The Morgan fingerprint density at radius 1 is 1.59 bits per heavy atom. The first-order valence-corrected chi connectivity index (χ1v) is 5.81. The van der Waals surface area contributed by atoms with Gasteiger partial charge in [-0.15, -0.1) is 0 Å². The monoisotopic (exact) mass is 234 g/mol. The molecular formula is C13H18N2O2.